The second-order valence-corrected chi connectivity index (χ2v) is 4.25. The predicted octanol–water partition coefficient (Wildman–Crippen LogP) is 2.43. The molecule has 2 nitrogen and oxygen atoms in total. The lowest BCUT2D eigenvalue weighted by molar-refractivity contribution is 0.547. The van der Waals surface area contributed by atoms with E-state index in [1.165, 1.54) is 6.20 Å². The highest BCUT2D eigenvalue weighted by Gasteiger charge is 2.42. The molecule has 1 saturated carbocycles. The van der Waals surface area contributed by atoms with Crippen LogP contribution in [-0.4, -0.2) is 9.97 Å². The Morgan fingerprint density at radius 2 is 2.25 bits per heavy atom. The molecule has 2 rings (SSSR count). The predicted molar refractivity (Wildman–Crippen MR) is 46.3 cm³/mol. The van der Waals surface area contributed by atoms with Crippen LogP contribution in [0.5, 0.6) is 0 Å². The molecular weight excluding hydrogens is 223 g/mol. The molecule has 0 unspecified atom stereocenters. The van der Waals surface area contributed by atoms with Crippen molar-refractivity contribution < 1.29 is 4.39 Å². The van der Waals surface area contributed by atoms with Crippen LogP contribution in [0.15, 0.2) is 10.7 Å². The fourth-order valence-corrected chi connectivity index (χ4v) is 1.24. The molecule has 0 saturated heterocycles. The Kier molecular flexibility index (Phi) is 1.68. The van der Waals surface area contributed by atoms with Crippen LogP contribution >= 0.6 is 15.9 Å². The smallest absolute Gasteiger partial charge is 0.230 e. The van der Waals surface area contributed by atoms with Gasteiger partial charge in [-0.2, -0.15) is 4.39 Å². The van der Waals surface area contributed by atoms with Crippen LogP contribution in [0.2, 0.25) is 0 Å². The van der Waals surface area contributed by atoms with Gasteiger partial charge in [-0.3, -0.25) is 0 Å². The van der Waals surface area contributed by atoms with E-state index in [2.05, 4.69) is 32.8 Å². The average Bonchev–Trinajstić information content (AvgIpc) is 2.75. The molecule has 64 valence electrons. The Balaban J connectivity index is 2.41. The van der Waals surface area contributed by atoms with E-state index >= 15 is 0 Å². The van der Waals surface area contributed by atoms with Gasteiger partial charge in [0, 0.05) is 11.6 Å². The van der Waals surface area contributed by atoms with Crippen molar-refractivity contribution in [2.45, 2.75) is 25.2 Å². The number of rotatable bonds is 1. The first kappa shape index (κ1) is 8.10. The van der Waals surface area contributed by atoms with Gasteiger partial charge in [-0.15, -0.1) is 0 Å². The second-order valence-electron chi connectivity index (χ2n) is 3.39. The molecular formula is C8H8BrFN2. The fraction of sp³-hybridized carbons (Fsp3) is 0.500. The van der Waals surface area contributed by atoms with Gasteiger partial charge in [0.05, 0.1) is 4.47 Å². The lowest BCUT2D eigenvalue weighted by Gasteiger charge is -2.05. The minimum absolute atomic E-state index is 0.0432. The summed E-state index contributed by atoms with van der Waals surface area (Å²) in [5, 5.41) is 0. The van der Waals surface area contributed by atoms with Crippen molar-refractivity contribution in [2.75, 3.05) is 0 Å². The van der Waals surface area contributed by atoms with Crippen molar-refractivity contribution >= 4 is 15.9 Å². The second kappa shape index (κ2) is 2.49. The highest BCUT2D eigenvalue weighted by atomic mass is 79.9. The normalized spacial score (nSPS) is 19.2. The van der Waals surface area contributed by atoms with E-state index in [0.29, 0.717) is 10.3 Å². The molecule has 0 amide bonds. The molecule has 1 fully saturated rings. The van der Waals surface area contributed by atoms with Gasteiger partial charge in [0.1, 0.15) is 5.82 Å². The van der Waals surface area contributed by atoms with Crippen molar-refractivity contribution in [3.8, 4) is 0 Å². The van der Waals surface area contributed by atoms with Crippen LogP contribution < -0.4 is 0 Å². The average molecular weight is 231 g/mol. The van der Waals surface area contributed by atoms with E-state index < -0.39 is 5.95 Å². The van der Waals surface area contributed by atoms with Gasteiger partial charge >= 0.3 is 0 Å². The molecule has 0 aromatic carbocycles. The van der Waals surface area contributed by atoms with Gasteiger partial charge in [0.25, 0.3) is 0 Å². The standard InChI is InChI=1S/C8H8BrFN2/c1-8(2-3-8)7-11-4-5(9)6(10)12-7/h4H,2-3H2,1H3. The molecule has 1 heterocycles. The summed E-state index contributed by atoms with van der Waals surface area (Å²) in [4.78, 5) is 7.86. The first-order valence-electron chi connectivity index (χ1n) is 3.80. The third-order valence-corrected chi connectivity index (χ3v) is 2.77. The summed E-state index contributed by atoms with van der Waals surface area (Å²) in [6, 6.07) is 0. The first-order chi connectivity index (χ1) is 5.62. The Morgan fingerprint density at radius 3 is 2.75 bits per heavy atom. The molecule has 4 heteroatoms. The number of nitrogens with zero attached hydrogens (tertiary/aromatic N) is 2. The minimum atomic E-state index is -0.465. The van der Waals surface area contributed by atoms with Gasteiger partial charge in [-0.1, -0.05) is 6.92 Å². The molecule has 0 atom stereocenters. The fourth-order valence-electron chi connectivity index (χ4n) is 1.05. The summed E-state index contributed by atoms with van der Waals surface area (Å²) >= 11 is 3.02. The molecule has 0 aliphatic heterocycles. The summed E-state index contributed by atoms with van der Waals surface area (Å²) in [6.45, 7) is 2.05. The summed E-state index contributed by atoms with van der Waals surface area (Å²) in [6.07, 6.45) is 3.60. The monoisotopic (exact) mass is 230 g/mol. The van der Waals surface area contributed by atoms with E-state index in [0.717, 1.165) is 12.8 Å². The number of hydrogen-bond donors (Lipinski definition) is 0. The first-order valence-corrected chi connectivity index (χ1v) is 4.60. The van der Waals surface area contributed by atoms with Crippen molar-refractivity contribution in [3.63, 3.8) is 0 Å². The highest BCUT2D eigenvalue weighted by Crippen LogP contribution is 2.45. The van der Waals surface area contributed by atoms with Crippen LogP contribution in [0, 0.1) is 5.95 Å². The van der Waals surface area contributed by atoms with Gasteiger partial charge < -0.3 is 0 Å². The van der Waals surface area contributed by atoms with E-state index in [1.807, 2.05) is 0 Å². The lowest BCUT2D eigenvalue weighted by Crippen LogP contribution is -2.07. The SMILES string of the molecule is CC1(c2ncc(Br)c(F)n2)CC1. The molecule has 1 aromatic rings. The Morgan fingerprint density at radius 1 is 1.58 bits per heavy atom. The van der Waals surface area contributed by atoms with Gasteiger partial charge in [-0.25, -0.2) is 9.97 Å². The van der Waals surface area contributed by atoms with E-state index in [1.54, 1.807) is 0 Å². The van der Waals surface area contributed by atoms with Crippen molar-refractivity contribution in [3.05, 3.63) is 22.4 Å². The van der Waals surface area contributed by atoms with E-state index in [9.17, 15) is 4.39 Å². The third kappa shape index (κ3) is 1.24. The summed E-state index contributed by atoms with van der Waals surface area (Å²) < 4.78 is 13.3. The van der Waals surface area contributed by atoms with Crippen molar-refractivity contribution in [1.82, 2.24) is 9.97 Å². The molecule has 0 radical (unpaired) electrons. The Hall–Kier alpha value is -0.510. The number of halogens is 2. The molecule has 1 aromatic heterocycles. The maximum atomic E-state index is 12.9. The van der Waals surface area contributed by atoms with E-state index in [-0.39, 0.29) is 5.41 Å². The van der Waals surface area contributed by atoms with Gasteiger partial charge in [0.15, 0.2) is 0 Å². The van der Waals surface area contributed by atoms with Crippen LogP contribution in [0.3, 0.4) is 0 Å². The molecule has 1 aliphatic carbocycles. The zero-order valence-corrected chi connectivity index (χ0v) is 8.23. The summed E-state index contributed by atoms with van der Waals surface area (Å²) in [5.74, 6) is 0.163. The van der Waals surface area contributed by atoms with Crippen molar-refractivity contribution in [1.29, 1.82) is 0 Å². The van der Waals surface area contributed by atoms with Crippen LogP contribution in [0.4, 0.5) is 4.39 Å². The topological polar surface area (TPSA) is 25.8 Å². The number of aromatic nitrogens is 2. The quantitative estimate of drug-likeness (QED) is 0.693. The molecule has 0 bridgehead atoms. The van der Waals surface area contributed by atoms with Crippen LogP contribution in [0.1, 0.15) is 25.6 Å². The van der Waals surface area contributed by atoms with Gasteiger partial charge in [0.2, 0.25) is 5.95 Å². The highest BCUT2D eigenvalue weighted by molar-refractivity contribution is 9.10. The summed E-state index contributed by atoms with van der Waals surface area (Å²) in [7, 11) is 0. The van der Waals surface area contributed by atoms with Crippen LogP contribution in [0.25, 0.3) is 0 Å². The molecule has 12 heavy (non-hydrogen) atoms. The zero-order valence-electron chi connectivity index (χ0n) is 6.64. The molecule has 1 aliphatic rings. The largest absolute Gasteiger partial charge is 0.239 e. The minimum Gasteiger partial charge on any atom is -0.239 e. The maximum absolute atomic E-state index is 12.9. The zero-order chi connectivity index (χ0) is 8.77. The Labute approximate surface area is 78.4 Å². The maximum Gasteiger partial charge on any atom is 0.230 e. The number of hydrogen-bond acceptors (Lipinski definition) is 2. The summed E-state index contributed by atoms with van der Waals surface area (Å²) in [5.41, 5.74) is 0.0432. The van der Waals surface area contributed by atoms with Crippen molar-refractivity contribution in [2.24, 2.45) is 0 Å². The van der Waals surface area contributed by atoms with Crippen LogP contribution in [-0.2, 0) is 5.41 Å². The van der Waals surface area contributed by atoms with Gasteiger partial charge in [-0.05, 0) is 28.8 Å². The Bertz CT molecular complexity index is 323. The third-order valence-electron chi connectivity index (χ3n) is 2.24. The molecule has 0 N–H and O–H groups in total. The van der Waals surface area contributed by atoms with E-state index in [4.69, 9.17) is 0 Å². The molecule has 0 spiro atoms. The lowest BCUT2D eigenvalue weighted by atomic mass is 10.1.